The number of hydrogen-bond acceptors (Lipinski definition) is 3. The lowest BCUT2D eigenvalue weighted by Crippen LogP contribution is -2.23. The van der Waals surface area contributed by atoms with Gasteiger partial charge in [0.2, 0.25) is 0 Å². The summed E-state index contributed by atoms with van der Waals surface area (Å²) in [5.41, 5.74) is 1.19. The second-order valence-electron chi connectivity index (χ2n) is 3.95. The molecule has 0 aliphatic rings. The normalized spacial score (nSPS) is 12.7. The predicted octanol–water partition coefficient (Wildman–Crippen LogP) is 3.43. The SMILES string of the molecule is CCNC(c1csc(C)n1)c1ccc(F)cc1F. The van der Waals surface area contributed by atoms with E-state index in [1.165, 1.54) is 23.5 Å². The van der Waals surface area contributed by atoms with Crippen LogP contribution in [0.5, 0.6) is 0 Å². The molecule has 5 heteroatoms. The Balaban J connectivity index is 2.41. The Hall–Kier alpha value is -1.33. The zero-order valence-corrected chi connectivity index (χ0v) is 11.0. The Morgan fingerprint density at radius 1 is 1.39 bits per heavy atom. The summed E-state index contributed by atoms with van der Waals surface area (Å²) in [7, 11) is 0. The van der Waals surface area contributed by atoms with Crippen LogP contribution in [0.2, 0.25) is 0 Å². The lowest BCUT2D eigenvalue weighted by molar-refractivity contribution is 0.537. The monoisotopic (exact) mass is 268 g/mol. The van der Waals surface area contributed by atoms with E-state index in [-0.39, 0.29) is 6.04 Å². The minimum atomic E-state index is -0.569. The van der Waals surface area contributed by atoms with Crippen molar-refractivity contribution in [3.8, 4) is 0 Å². The number of rotatable bonds is 4. The third kappa shape index (κ3) is 2.73. The van der Waals surface area contributed by atoms with Gasteiger partial charge in [-0.1, -0.05) is 13.0 Å². The van der Waals surface area contributed by atoms with Crippen LogP contribution in [0, 0.1) is 18.6 Å². The maximum atomic E-state index is 13.8. The van der Waals surface area contributed by atoms with E-state index in [1.807, 2.05) is 19.2 Å². The zero-order chi connectivity index (χ0) is 13.1. The van der Waals surface area contributed by atoms with Crippen molar-refractivity contribution in [1.82, 2.24) is 10.3 Å². The number of benzene rings is 1. The molecule has 0 bridgehead atoms. The van der Waals surface area contributed by atoms with Gasteiger partial charge in [-0.2, -0.15) is 0 Å². The molecule has 1 atom stereocenters. The number of aryl methyl sites for hydroxylation is 1. The molecule has 1 N–H and O–H groups in total. The van der Waals surface area contributed by atoms with E-state index < -0.39 is 11.6 Å². The molecule has 2 rings (SSSR count). The lowest BCUT2D eigenvalue weighted by atomic mass is 10.0. The number of halogens is 2. The molecule has 0 amide bonds. The fourth-order valence-electron chi connectivity index (χ4n) is 1.83. The summed E-state index contributed by atoms with van der Waals surface area (Å²) in [6.07, 6.45) is 0. The molecule has 1 unspecified atom stereocenters. The molecule has 0 radical (unpaired) electrons. The van der Waals surface area contributed by atoms with Crippen molar-refractivity contribution in [1.29, 1.82) is 0 Å². The van der Waals surface area contributed by atoms with Gasteiger partial charge in [0.25, 0.3) is 0 Å². The van der Waals surface area contributed by atoms with Gasteiger partial charge in [-0.3, -0.25) is 0 Å². The number of nitrogens with zero attached hydrogens (tertiary/aromatic N) is 1. The molecule has 2 aromatic rings. The van der Waals surface area contributed by atoms with E-state index in [2.05, 4.69) is 10.3 Å². The van der Waals surface area contributed by atoms with Crippen LogP contribution < -0.4 is 5.32 Å². The molecule has 0 aliphatic carbocycles. The minimum absolute atomic E-state index is 0.333. The second kappa shape index (κ2) is 5.54. The average Bonchev–Trinajstić information content (AvgIpc) is 2.73. The first kappa shape index (κ1) is 13.1. The fraction of sp³-hybridized carbons (Fsp3) is 0.308. The van der Waals surface area contributed by atoms with Crippen molar-refractivity contribution >= 4 is 11.3 Å². The van der Waals surface area contributed by atoms with Crippen LogP contribution in [0.4, 0.5) is 8.78 Å². The van der Waals surface area contributed by atoms with E-state index in [1.54, 1.807) is 0 Å². The van der Waals surface area contributed by atoms with Crippen molar-refractivity contribution in [2.24, 2.45) is 0 Å². The molecule has 0 aliphatic heterocycles. The molecule has 96 valence electrons. The summed E-state index contributed by atoms with van der Waals surface area (Å²) in [6, 6.07) is 3.30. The molecule has 0 saturated heterocycles. The van der Waals surface area contributed by atoms with Crippen LogP contribution in [0.15, 0.2) is 23.6 Å². The smallest absolute Gasteiger partial charge is 0.131 e. The number of hydrogen-bond donors (Lipinski definition) is 1. The highest BCUT2D eigenvalue weighted by atomic mass is 32.1. The number of nitrogens with one attached hydrogen (secondary N) is 1. The Morgan fingerprint density at radius 2 is 2.17 bits per heavy atom. The van der Waals surface area contributed by atoms with Gasteiger partial charge >= 0.3 is 0 Å². The molecule has 18 heavy (non-hydrogen) atoms. The van der Waals surface area contributed by atoms with Gasteiger partial charge in [-0.25, -0.2) is 13.8 Å². The van der Waals surface area contributed by atoms with Crippen LogP contribution in [0.25, 0.3) is 0 Å². The van der Waals surface area contributed by atoms with Crippen LogP contribution >= 0.6 is 11.3 Å². The fourth-order valence-corrected chi connectivity index (χ4v) is 2.46. The number of thiazole rings is 1. The lowest BCUT2D eigenvalue weighted by Gasteiger charge is -2.17. The molecule has 0 spiro atoms. The topological polar surface area (TPSA) is 24.9 Å². The summed E-state index contributed by atoms with van der Waals surface area (Å²) >= 11 is 1.51. The maximum absolute atomic E-state index is 13.8. The van der Waals surface area contributed by atoms with E-state index >= 15 is 0 Å². The maximum Gasteiger partial charge on any atom is 0.131 e. The van der Waals surface area contributed by atoms with Gasteiger partial charge in [0.1, 0.15) is 11.6 Å². The van der Waals surface area contributed by atoms with E-state index in [0.717, 1.165) is 16.8 Å². The Bertz CT molecular complexity index is 540. The summed E-state index contributed by atoms with van der Waals surface area (Å²) in [6.45, 7) is 4.52. The van der Waals surface area contributed by atoms with Gasteiger partial charge < -0.3 is 5.32 Å². The minimum Gasteiger partial charge on any atom is -0.305 e. The van der Waals surface area contributed by atoms with Crippen LogP contribution in [-0.4, -0.2) is 11.5 Å². The number of aromatic nitrogens is 1. The van der Waals surface area contributed by atoms with E-state index in [9.17, 15) is 8.78 Å². The van der Waals surface area contributed by atoms with Crippen molar-refractivity contribution in [3.63, 3.8) is 0 Å². The van der Waals surface area contributed by atoms with Gasteiger partial charge in [-0.05, 0) is 19.5 Å². The summed E-state index contributed by atoms with van der Waals surface area (Å²) in [4.78, 5) is 4.37. The molecular formula is C13H14F2N2S. The first-order valence-electron chi connectivity index (χ1n) is 5.72. The highest BCUT2D eigenvalue weighted by molar-refractivity contribution is 7.09. The first-order chi connectivity index (χ1) is 8.61. The predicted molar refractivity (Wildman–Crippen MR) is 68.7 cm³/mol. The molecule has 1 aromatic heterocycles. The van der Waals surface area contributed by atoms with Crippen LogP contribution in [0.1, 0.15) is 29.2 Å². The Kier molecular flexibility index (Phi) is 4.04. The quantitative estimate of drug-likeness (QED) is 0.919. The Morgan fingerprint density at radius 3 is 2.72 bits per heavy atom. The highest BCUT2D eigenvalue weighted by Crippen LogP contribution is 2.26. The largest absolute Gasteiger partial charge is 0.305 e. The van der Waals surface area contributed by atoms with Gasteiger partial charge in [-0.15, -0.1) is 11.3 Å². The van der Waals surface area contributed by atoms with Crippen molar-refractivity contribution in [2.45, 2.75) is 19.9 Å². The van der Waals surface area contributed by atoms with Crippen LogP contribution in [0.3, 0.4) is 0 Å². The van der Waals surface area contributed by atoms with Crippen molar-refractivity contribution in [3.05, 3.63) is 51.5 Å². The van der Waals surface area contributed by atoms with Gasteiger partial charge in [0.05, 0.1) is 16.7 Å². The van der Waals surface area contributed by atoms with Crippen LogP contribution in [-0.2, 0) is 0 Å². The van der Waals surface area contributed by atoms with E-state index in [0.29, 0.717) is 12.1 Å². The molecule has 2 nitrogen and oxygen atoms in total. The highest BCUT2D eigenvalue weighted by Gasteiger charge is 2.19. The van der Waals surface area contributed by atoms with Crippen molar-refractivity contribution in [2.75, 3.05) is 6.54 Å². The second-order valence-corrected chi connectivity index (χ2v) is 5.01. The zero-order valence-electron chi connectivity index (χ0n) is 10.2. The molecular weight excluding hydrogens is 254 g/mol. The summed E-state index contributed by atoms with van der Waals surface area (Å²) < 4.78 is 26.7. The Labute approximate surface area is 109 Å². The van der Waals surface area contributed by atoms with Gasteiger partial charge in [0, 0.05) is 17.0 Å². The molecule has 1 heterocycles. The first-order valence-corrected chi connectivity index (χ1v) is 6.60. The average molecular weight is 268 g/mol. The third-order valence-corrected chi connectivity index (χ3v) is 3.41. The summed E-state index contributed by atoms with van der Waals surface area (Å²) in [5, 5.41) is 5.99. The molecule has 0 fully saturated rings. The molecule has 1 aromatic carbocycles. The third-order valence-electron chi connectivity index (χ3n) is 2.61. The standard InChI is InChI=1S/C13H14F2N2S/c1-3-16-13(12-7-18-8(2)17-12)10-5-4-9(14)6-11(10)15/h4-7,13,16H,3H2,1-2H3. The molecule has 0 saturated carbocycles. The van der Waals surface area contributed by atoms with E-state index in [4.69, 9.17) is 0 Å². The van der Waals surface area contributed by atoms with Gasteiger partial charge in [0.15, 0.2) is 0 Å². The summed E-state index contributed by atoms with van der Waals surface area (Å²) in [5.74, 6) is -1.12. The van der Waals surface area contributed by atoms with Crippen molar-refractivity contribution < 1.29 is 8.78 Å².